The van der Waals surface area contributed by atoms with E-state index in [0.29, 0.717) is 23.4 Å². The van der Waals surface area contributed by atoms with Gasteiger partial charge in [-0.25, -0.2) is 0 Å². The lowest BCUT2D eigenvalue weighted by atomic mass is 9.99. The van der Waals surface area contributed by atoms with Crippen molar-refractivity contribution < 1.29 is 0 Å². The predicted molar refractivity (Wildman–Crippen MR) is 119 cm³/mol. The Morgan fingerprint density at radius 3 is 2.10 bits per heavy atom. The van der Waals surface area contributed by atoms with Crippen LogP contribution in [0.5, 0.6) is 0 Å². The van der Waals surface area contributed by atoms with Crippen LogP contribution in [0.15, 0.2) is 102 Å². The van der Waals surface area contributed by atoms with Crippen molar-refractivity contribution in [3.05, 3.63) is 118 Å². The van der Waals surface area contributed by atoms with Gasteiger partial charge >= 0.3 is 0 Å². The number of allylic oxidation sites excluding steroid dienone is 2. The molecule has 146 valence electrons. The molecule has 6 N–H and O–H groups in total. The van der Waals surface area contributed by atoms with Crippen LogP contribution in [-0.2, 0) is 6.54 Å². The van der Waals surface area contributed by atoms with Gasteiger partial charge in [0.05, 0.1) is 22.0 Å². The molecular formula is C23H22ClN5. The standard InChI is InChI=1S/C23H22ClN5/c24-20(22(26)18-11-5-2-6-12-18)19(21(25)17-9-3-1-4-10-17)23(27)29-15-16-8-7-13-28-14-16/h1-14,25,29H,15,26-27H2/b22-20+,23-19-,25-21?. The Bertz CT molecular complexity index is 1030. The summed E-state index contributed by atoms with van der Waals surface area (Å²) in [5, 5.41) is 12.1. The van der Waals surface area contributed by atoms with Gasteiger partial charge in [-0.05, 0) is 17.2 Å². The summed E-state index contributed by atoms with van der Waals surface area (Å²) in [5.74, 6) is 0.270. The third-order valence-corrected chi connectivity index (χ3v) is 4.72. The average Bonchev–Trinajstić information content (AvgIpc) is 2.79. The van der Waals surface area contributed by atoms with E-state index in [4.69, 9.17) is 28.5 Å². The highest BCUT2D eigenvalue weighted by Crippen LogP contribution is 2.27. The molecule has 0 bridgehead atoms. The van der Waals surface area contributed by atoms with Crippen molar-refractivity contribution >= 4 is 23.0 Å². The third kappa shape index (κ3) is 5.03. The predicted octanol–water partition coefficient (Wildman–Crippen LogP) is 3.98. The van der Waals surface area contributed by atoms with E-state index in [0.717, 1.165) is 11.1 Å². The summed E-state index contributed by atoms with van der Waals surface area (Å²) in [6.45, 7) is 0.445. The molecule has 0 atom stereocenters. The van der Waals surface area contributed by atoms with E-state index in [9.17, 15) is 0 Å². The quantitative estimate of drug-likeness (QED) is 0.354. The van der Waals surface area contributed by atoms with Crippen LogP contribution in [0.25, 0.3) is 5.70 Å². The van der Waals surface area contributed by atoms with E-state index in [1.165, 1.54) is 0 Å². The molecule has 0 aliphatic carbocycles. The normalized spacial score (nSPS) is 12.6. The summed E-state index contributed by atoms with van der Waals surface area (Å²) in [7, 11) is 0. The monoisotopic (exact) mass is 403 g/mol. The number of aromatic nitrogens is 1. The summed E-state index contributed by atoms with van der Waals surface area (Å²) in [5.41, 5.74) is 16.0. The Balaban J connectivity index is 2.02. The number of rotatable bonds is 7. The van der Waals surface area contributed by atoms with Crippen molar-refractivity contribution in [3.8, 4) is 0 Å². The second-order valence-corrected chi connectivity index (χ2v) is 6.72. The highest BCUT2D eigenvalue weighted by atomic mass is 35.5. The van der Waals surface area contributed by atoms with Crippen LogP contribution in [0, 0.1) is 5.41 Å². The summed E-state index contributed by atoms with van der Waals surface area (Å²) in [6, 6.07) is 22.4. The molecule has 29 heavy (non-hydrogen) atoms. The Morgan fingerprint density at radius 2 is 1.52 bits per heavy atom. The molecule has 0 amide bonds. The molecule has 3 rings (SSSR count). The molecule has 0 fully saturated rings. The van der Waals surface area contributed by atoms with Crippen LogP contribution in [0.4, 0.5) is 0 Å². The van der Waals surface area contributed by atoms with Gasteiger partial charge in [-0.2, -0.15) is 0 Å². The molecule has 0 saturated heterocycles. The maximum absolute atomic E-state index is 8.72. The first-order valence-corrected chi connectivity index (χ1v) is 9.43. The highest BCUT2D eigenvalue weighted by molar-refractivity contribution is 6.39. The topological polar surface area (TPSA) is 101 Å². The van der Waals surface area contributed by atoms with Gasteiger partial charge in [-0.15, -0.1) is 0 Å². The van der Waals surface area contributed by atoms with Gasteiger partial charge in [0, 0.05) is 24.5 Å². The fourth-order valence-electron chi connectivity index (χ4n) is 2.78. The van der Waals surface area contributed by atoms with E-state index in [1.807, 2.05) is 72.8 Å². The van der Waals surface area contributed by atoms with E-state index in [1.54, 1.807) is 12.4 Å². The van der Waals surface area contributed by atoms with Gasteiger partial charge in [0.15, 0.2) is 0 Å². The molecule has 0 spiro atoms. The van der Waals surface area contributed by atoms with Crippen LogP contribution < -0.4 is 16.8 Å². The van der Waals surface area contributed by atoms with Gasteiger partial charge in [-0.1, -0.05) is 78.3 Å². The average molecular weight is 404 g/mol. The molecule has 1 heterocycles. The summed E-state index contributed by atoms with van der Waals surface area (Å²) < 4.78 is 0. The molecule has 0 saturated carbocycles. The van der Waals surface area contributed by atoms with E-state index in [-0.39, 0.29) is 16.6 Å². The fourth-order valence-corrected chi connectivity index (χ4v) is 3.08. The maximum Gasteiger partial charge on any atom is 0.108 e. The Hall–Kier alpha value is -3.57. The smallest absolute Gasteiger partial charge is 0.108 e. The van der Waals surface area contributed by atoms with Crippen molar-refractivity contribution in [2.24, 2.45) is 11.5 Å². The lowest BCUT2D eigenvalue weighted by Gasteiger charge is -2.17. The first-order valence-electron chi connectivity index (χ1n) is 9.06. The number of benzene rings is 2. The number of nitrogens with one attached hydrogen (secondary N) is 2. The van der Waals surface area contributed by atoms with Gasteiger partial charge < -0.3 is 16.8 Å². The number of hydrogen-bond acceptors (Lipinski definition) is 5. The van der Waals surface area contributed by atoms with E-state index < -0.39 is 0 Å². The maximum atomic E-state index is 8.72. The lowest BCUT2D eigenvalue weighted by Crippen LogP contribution is -2.25. The minimum Gasteiger partial charge on any atom is -0.397 e. The van der Waals surface area contributed by atoms with Crippen LogP contribution in [0.2, 0.25) is 0 Å². The second kappa shape index (κ2) is 9.57. The molecular weight excluding hydrogens is 382 g/mol. The van der Waals surface area contributed by atoms with Crippen LogP contribution in [-0.4, -0.2) is 10.7 Å². The van der Waals surface area contributed by atoms with Crippen molar-refractivity contribution in [2.75, 3.05) is 0 Å². The van der Waals surface area contributed by atoms with Gasteiger partial charge in [0.1, 0.15) is 5.82 Å². The molecule has 0 unspecified atom stereocenters. The van der Waals surface area contributed by atoms with Crippen LogP contribution in [0.1, 0.15) is 16.7 Å². The van der Waals surface area contributed by atoms with E-state index >= 15 is 0 Å². The minimum absolute atomic E-state index is 0.186. The zero-order chi connectivity index (χ0) is 20.6. The third-order valence-electron chi connectivity index (χ3n) is 4.33. The summed E-state index contributed by atoms with van der Waals surface area (Å²) in [4.78, 5) is 4.10. The SMILES string of the molecule is N=C(C(=C(/N)NCc1cccnc1)/C(Cl)=C(\N)c1ccccc1)c1ccccc1. The van der Waals surface area contributed by atoms with Crippen LogP contribution in [0.3, 0.4) is 0 Å². The number of nitrogens with two attached hydrogens (primary N) is 2. The Kier molecular flexibility index (Phi) is 6.66. The lowest BCUT2D eigenvalue weighted by molar-refractivity contribution is 0.791. The molecule has 0 aliphatic heterocycles. The van der Waals surface area contributed by atoms with Crippen molar-refractivity contribution in [1.29, 1.82) is 5.41 Å². The molecule has 3 aromatic rings. The first-order chi connectivity index (χ1) is 14.1. The summed E-state index contributed by atoms with van der Waals surface area (Å²) >= 11 is 6.68. The molecule has 2 aromatic carbocycles. The van der Waals surface area contributed by atoms with Crippen molar-refractivity contribution in [1.82, 2.24) is 10.3 Å². The largest absolute Gasteiger partial charge is 0.397 e. The molecule has 6 heteroatoms. The van der Waals surface area contributed by atoms with Crippen LogP contribution >= 0.6 is 11.6 Å². The Morgan fingerprint density at radius 1 is 0.897 bits per heavy atom. The highest BCUT2D eigenvalue weighted by Gasteiger charge is 2.19. The molecule has 0 aliphatic rings. The number of pyridine rings is 1. The number of hydrogen-bond donors (Lipinski definition) is 4. The first kappa shape index (κ1) is 20.2. The van der Waals surface area contributed by atoms with Crippen molar-refractivity contribution in [3.63, 3.8) is 0 Å². The van der Waals surface area contributed by atoms with Crippen molar-refractivity contribution in [2.45, 2.75) is 6.54 Å². The summed E-state index contributed by atoms with van der Waals surface area (Å²) in [6.07, 6.45) is 3.46. The van der Waals surface area contributed by atoms with Gasteiger partial charge in [0.2, 0.25) is 0 Å². The molecule has 1 aromatic heterocycles. The van der Waals surface area contributed by atoms with Gasteiger partial charge in [0.25, 0.3) is 0 Å². The second-order valence-electron chi connectivity index (χ2n) is 6.34. The molecule has 5 nitrogen and oxygen atoms in total. The minimum atomic E-state index is 0.186. The zero-order valence-electron chi connectivity index (χ0n) is 15.8. The Labute approximate surface area is 175 Å². The zero-order valence-corrected chi connectivity index (χ0v) is 16.5. The van der Waals surface area contributed by atoms with E-state index in [2.05, 4.69) is 10.3 Å². The molecule has 0 radical (unpaired) electrons. The number of nitrogens with zero attached hydrogens (tertiary/aromatic N) is 1. The van der Waals surface area contributed by atoms with Gasteiger partial charge in [-0.3, -0.25) is 10.4 Å². The number of halogens is 1. The fraction of sp³-hybridized carbons (Fsp3) is 0.0435.